The Bertz CT molecular complexity index is 153. The van der Waals surface area contributed by atoms with Gasteiger partial charge in [-0.3, -0.25) is 0 Å². The van der Waals surface area contributed by atoms with Gasteiger partial charge >= 0.3 is 0 Å². The van der Waals surface area contributed by atoms with Crippen LogP contribution < -0.4 is 5.32 Å². The maximum atomic E-state index is 3.82. The molecule has 0 aromatic carbocycles. The Morgan fingerprint density at radius 1 is 0.667 bits per heavy atom. The van der Waals surface area contributed by atoms with Gasteiger partial charge in [0.25, 0.3) is 0 Å². The Morgan fingerprint density at radius 3 is 1.80 bits per heavy atom. The lowest BCUT2D eigenvalue weighted by atomic mass is 9.85. The largest absolute Gasteiger partial charge is 0.314 e. The van der Waals surface area contributed by atoms with Gasteiger partial charge in [0.2, 0.25) is 0 Å². The van der Waals surface area contributed by atoms with E-state index in [4.69, 9.17) is 0 Å². The summed E-state index contributed by atoms with van der Waals surface area (Å²) in [5.74, 6) is 1.03. The van der Waals surface area contributed by atoms with Crippen LogP contribution in [0.4, 0.5) is 0 Å². The summed E-state index contributed by atoms with van der Waals surface area (Å²) in [6.07, 6.45) is 16.2. The average Bonchev–Trinajstić information content (AvgIpc) is 2.29. The molecular formula is C14H27N. The predicted octanol–water partition coefficient (Wildman–Crippen LogP) is 3.88. The fraction of sp³-hybridized carbons (Fsp3) is 1.00. The third kappa shape index (κ3) is 4.14. The van der Waals surface area contributed by atoms with Gasteiger partial charge in [-0.1, -0.05) is 44.9 Å². The zero-order valence-corrected chi connectivity index (χ0v) is 10.1. The zero-order valence-electron chi connectivity index (χ0n) is 10.1. The Balaban J connectivity index is 1.63. The lowest BCUT2D eigenvalue weighted by Crippen LogP contribution is -2.35. The Morgan fingerprint density at radius 2 is 1.27 bits per heavy atom. The van der Waals surface area contributed by atoms with E-state index in [9.17, 15) is 0 Å². The quantitative estimate of drug-likeness (QED) is 0.744. The molecule has 2 saturated carbocycles. The van der Waals surface area contributed by atoms with E-state index in [2.05, 4.69) is 5.32 Å². The van der Waals surface area contributed by atoms with E-state index in [1.54, 1.807) is 0 Å². The van der Waals surface area contributed by atoms with E-state index in [0.717, 1.165) is 12.0 Å². The van der Waals surface area contributed by atoms with E-state index in [1.807, 2.05) is 0 Å². The number of rotatable bonds is 3. The molecule has 0 radical (unpaired) electrons. The summed E-state index contributed by atoms with van der Waals surface area (Å²) in [5, 5.41) is 3.82. The van der Waals surface area contributed by atoms with Crippen LogP contribution >= 0.6 is 0 Å². The van der Waals surface area contributed by atoms with Crippen LogP contribution in [0, 0.1) is 5.92 Å². The molecule has 1 N–H and O–H groups in total. The second-order valence-electron chi connectivity index (χ2n) is 5.60. The van der Waals surface area contributed by atoms with Crippen LogP contribution in [0.2, 0.25) is 0 Å². The van der Waals surface area contributed by atoms with Crippen molar-refractivity contribution in [2.45, 2.75) is 76.7 Å². The molecule has 0 aliphatic heterocycles. The normalized spacial score (nSPS) is 26.4. The highest BCUT2D eigenvalue weighted by Crippen LogP contribution is 2.26. The fourth-order valence-corrected chi connectivity index (χ4v) is 2.87. The van der Waals surface area contributed by atoms with Crippen molar-refractivity contribution in [2.24, 2.45) is 5.92 Å². The summed E-state index contributed by atoms with van der Waals surface area (Å²) in [6, 6.07) is 0.851. The first kappa shape index (κ1) is 11.4. The molecule has 15 heavy (non-hydrogen) atoms. The highest BCUT2D eigenvalue weighted by Gasteiger charge is 2.18. The van der Waals surface area contributed by atoms with Gasteiger partial charge in [-0.2, -0.15) is 0 Å². The monoisotopic (exact) mass is 209 g/mol. The molecule has 2 aliphatic rings. The molecule has 0 atom stereocenters. The van der Waals surface area contributed by atoms with Crippen molar-refractivity contribution in [1.82, 2.24) is 5.32 Å². The topological polar surface area (TPSA) is 12.0 Å². The summed E-state index contributed by atoms with van der Waals surface area (Å²) >= 11 is 0. The molecule has 0 saturated heterocycles. The summed E-state index contributed by atoms with van der Waals surface area (Å²) < 4.78 is 0. The first-order valence-electron chi connectivity index (χ1n) is 7.18. The lowest BCUT2D eigenvalue weighted by molar-refractivity contribution is 0.280. The van der Waals surface area contributed by atoms with Gasteiger partial charge in [0, 0.05) is 6.04 Å². The van der Waals surface area contributed by atoms with Crippen molar-refractivity contribution in [3.05, 3.63) is 0 Å². The number of hydrogen-bond acceptors (Lipinski definition) is 1. The molecule has 2 aliphatic carbocycles. The highest BCUT2D eigenvalue weighted by molar-refractivity contribution is 4.76. The van der Waals surface area contributed by atoms with Gasteiger partial charge in [0.05, 0.1) is 0 Å². The zero-order chi connectivity index (χ0) is 10.3. The molecule has 1 nitrogen and oxygen atoms in total. The summed E-state index contributed by atoms with van der Waals surface area (Å²) in [7, 11) is 0. The first-order valence-corrected chi connectivity index (χ1v) is 7.18. The molecule has 0 unspecified atom stereocenters. The van der Waals surface area contributed by atoms with E-state index < -0.39 is 0 Å². The standard InChI is InChI=1S/C14H27N/c1-2-4-6-11-14(10-5-3-1)15-12-13-8-7-9-13/h13-15H,1-12H2. The Labute approximate surface area is 95.0 Å². The predicted molar refractivity (Wildman–Crippen MR) is 66.1 cm³/mol. The second kappa shape index (κ2) is 6.52. The fourth-order valence-electron chi connectivity index (χ4n) is 2.87. The smallest absolute Gasteiger partial charge is 0.00671 e. The van der Waals surface area contributed by atoms with Crippen LogP contribution in [0.15, 0.2) is 0 Å². The van der Waals surface area contributed by atoms with Crippen molar-refractivity contribution in [3.63, 3.8) is 0 Å². The van der Waals surface area contributed by atoms with Gasteiger partial charge in [-0.15, -0.1) is 0 Å². The maximum absolute atomic E-state index is 3.82. The molecule has 0 bridgehead atoms. The van der Waals surface area contributed by atoms with Crippen molar-refractivity contribution < 1.29 is 0 Å². The van der Waals surface area contributed by atoms with Crippen molar-refractivity contribution >= 4 is 0 Å². The third-order valence-electron chi connectivity index (χ3n) is 4.28. The van der Waals surface area contributed by atoms with Gasteiger partial charge in [0.1, 0.15) is 0 Å². The molecule has 0 heterocycles. The van der Waals surface area contributed by atoms with Gasteiger partial charge in [-0.25, -0.2) is 0 Å². The Kier molecular flexibility index (Phi) is 4.98. The molecular weight excluding hydrogens is 182 g/mol. The minimum Gasteiger partial charge on any atom is -0.314 e. The molecule has 0 aromatic heterocycles. The molecule has 0 amide bonds. The summed E-state index contributed by atoms with van der Waals surface area (Å²) in [5.41, 5.74) is 0. The minimum atomic E-state index is 0.851. The van der Waals surface area contributed by atoms with E-state index >= 15 is 0 Å². The van der Waals surface area contributed by atoms with E-state index in [0.29, 0.717) is 0 Å². The lowest BCUT2D eigenvalue weighted by Gasteiger charge is -2.28. The van der Waals surface area contributed by atoms with E-state index in [1.165, 1.54) is 77.2 Å². The summed E-state index contributed by atoms with van der Waals surface area (Å²) in [4.78, 5) is 0. The van der Waals surface area contributed by atoms with Crippen LogP contribution in [-0.2, 0) is 0 Å². The van der Waals surface area contributed by atoms with Gasteiger partial charge in [-0.05, 0) is 38.1 Å². The number of nitrogens with one attached hydrogen (secondary N) is 1. The molecule has 88 valence electrons. The maximum Gasteiger partial charge on any atom is 0.00671 e. The molecule has 2 fully saturated rings. The SMILES string of the molecule is C1CCCCC(NCC2CCC2)CCC1. The molecule has 0 aromatic rings. The molecule has 0 spiro atoms. The van der Waals surface area contributed by atoms with Crippen LogP contribution in [0.3, 0.4) is 0 Å². The first-order chi connectivity index (χ1) is 7.45. The van der Waals surface area contributed by atoms with Crippen molar-refractivity contribution in [2.75, 3.05) is 6.54 Å². The number of hydrogen-bond donors (Lipinski definition) is 1. The van der Waals surface area contributed by atoms with Crippen LogP contribution in [0.5, 0.6) is 0 Å². The molecule has 1 heteroatoms. The minimum absolute atomic E-state index is 0.851. The third-order valence-corrected chi connectivity index (χ3v) is 4.28. The van der Waals surface area contributed by atoms with Gasteiger partial charge < -0.3 is 5.32 Å². The van der Waals surface area contributed by atoms with Crippen LogP contribution in [0.1, 0.15) is 70.6 Å². The average molecular weight is 209 g/mol. The van der Waals surface area contributed by atoms with Crippen LogP contribution in [0.25, 0.3) is 0 Å². The highest BCUT2D eigenvalue weighted by atomic mass is 14.9. The van der Waals surface area contributed by atoms with Gasteiger partial charge in [0.15, 0.2) is 0 Å². The van der Waals surface area contributed by atoms with E-state index in [-0.39, 0.29) is 0 Å². The van der Waals surface area contributed by atoms with Crippen molar-refractivity contribution in [3.8, 4) is 0 Å². The molecule has 2 rings (SSSR count). The second-order valence-corrected chi connectivity index (χ2v) is 5.60. The summed E-state index contributed by atoms with van der Waals surface area (Å²) in [6.45, 7) is 1.31. The van der Waals surface area contributed by atoms with Crippen molar-refractivity contribution in [1.29, 1.82) is 0 Å². The van der Waals surface area contributed by atoms with Crippen LogP contribution in [-0.4, -0.2) is 12.6 Å². The Hall–Kier alpha value is -0.0400.